The Labute approximate surface area is 350 Å². The van der Waals surface area contributed by atoms with Crippen molar-refractivity contribution in [1.82, 2.24) is 9.97 Å². The van der Waals surface area contributed by atoms with Crippen LogP contribution >= 0.6 is 0 Å². The lowest BCUT2D eigenvalue weighted by Crippen LogP contribution is -2.15. The summed E-state index contributed by atoms with van der Waals surface area (Å²) >= 11 is 0. The summed E-state index contributed by atoms with van der Waals surface area (Å²) in [6.45, 7) is 9.42. The lowest BCUT2D eigenvalue weighted by molar-refractivity contribution is 0.660. The van der Waals surface area contributed by atoms with Crippen molar-refractivity contribution in [2.75, 3.05) is 0 Å². The number of fused-ring (bicyclic) bond motifs is 10. The average molecular weight is 767 g/mol. The average Bonchev–Trinajstić information content (AvgIpc) is 3.67. The van der Waals surface area contributed by atoms with Crippen molar-refractivity contribution in [3.05, 3.63) is 204 Å². The summed E-state index contributed by atoms with van der Waals surface area (Å²) in [5.41, 5.74) is 21.8. The summed E-state index contributed by atoms with van der Waals surface area (Å²) in [7, 11) is 0. The van der Waals surface area contributed by atoms with Gasteiger partial charge in [0.05, 0.1) is 16.7 Å². The van der Waals surface area contributed by atoms with E-state index in [9.17, 15) is 0 Å². The van der Waals surface area contributed by atoms with Gasteiger partial charge in [0.1, 0.15) is 0 Å². The summed E-state index contributed by atoms with van der Waals surface area (Å²) in [5.74, 6) is 0. The third kappa shape index (κ3) is 5.07. The van der Waals surface area contributed by atoms with Crippen LogP contribution in [0.15, 0.2) is 182 Å². The lowest BCUT2D eigenvalue weighted by atomic mass is 9.81. The van der Waals surface area contributed by atoms with E-state index in [1.165, 1.54) is 66.6 Å². The Balaban J connectivity index is 1.07. The summed E-state index contributed by atoms with van der Waals surface area (Å²) in [6, 6.07) is 65.0. The number of benzene rings is 8. The lowest BCUT2D eigenvalue weighted by Gasteiger charge is -2.22. The fourth-order valence-corrected chi connectivity index (χ4v) is 10.5. The van der Waals surface area contributed by atoms with Crippen molar-refractivity contribution in [2.45, 2.75) is 38.5 Å². The molecule has 10 aromatic rings. The van der Waals surface area contributed by atoms with Crippen molar-refractivity contribution in [3.8, 4) is 66.9 Å². The molecule has 2 aliphatic carbocycles. The van der Waals surface area contributed by atoms with E-state index in [4.69, 9.17) is 9.97 Å². The summed E-state index contributed by atoms with van der Waals surface area (Å²) < 4.78 is 0. The predicted molar refractivity (Wildman–Crippen MR) is 251 cm³/mol. The van der Waals surface area contributed by atoms with Crippen LogP contribution in [0.5, 0.6) is 0 Å². The molecule has 0 amide bonds. The molecule has 12 rings (SSSR count). The Morgan fingerprint density at radius 3 is 1.60 bits per heavy atom. The second kappa shape index (κ2) is 12.7. The Morgan fingerprint density at radius 2 is 0.883 bits per heavy atom. The molecule has 60 heavy (non-hydrogen) atoms. The van der Waals surface area contributed by atoms with E-state index in [1.54, 1.807) is 0 Å². The van der Waals surface area contributed by atoms with Gasteiger partial charge in [0, 0.05) is 44.3 Å². The van der Waals surface area contributed by atoms with Crippen LogP contribution in [-0.4, -0.2) is 9.97 Å². The standard InChI is InChI=1S/C58H42N2/c1-57(2)50-18-10-8-15-42(50)44-27-25-37(30-52(44)57)47-32-49-48(36-23-21-35(22-24-36)40-29-38-13-5-12-20-54(38)59-34-40)33-55(60-56(49)46-17-7-6-14-41(46)47)39-26-28-45-43-16-9-11-19-51(43)58(3,4)53(45)31-39/h5-34H,1-4H3. The first kappa shape index (κ1) is 34.8. The molecule has 0 spiro atoms. The van der Waals surface area contributed by atoms with Gasteiger partial charge >= 0.3 is 0 Å². The van der Waals surface area contributed by atoms with Crippen LogP contribution in [-0.2, 0) is 10.8 Å². The predicted octanol–water partition coefficient (Wildman–Crippen LogP) is 15.2. The number of nitrogens with zero attached hydrogens (tertiary/aromatic N) is 2. The zero-order valence-electron chi connectivity index (χ0n) is 34.2. The highest BCUT2D eigenvalue weighted by molar-refractivity contribution is 6.16. The molecule has 8 aromatic carbocycles. The number of rotatable bonds is 4. The van der Waals surface area contributed by atoms with E-state index in [2.05, 4.69) is 198 Å². The molecule has 0 atom stereocenters. The van der Waals surface area contributed by atoms with Gasteiger partial charge in [-0.3, -0.25) is 4.98 Å². The number of hydrogen-bond acceptors (Lipinski definition) is 2. The van der Waals surface area contributed by atoms with Crippen LogP contribution in [0.3, 0.4) is 0 Å². The molecule has 2 aromatic heterocycles. The number of aromatic nitrogens is 2. The van der Waals surface area contributed by atoms with Crippen molar-refractivity contribution in [1.29, 1.82) is 0 Å². The van der Waals surface area contributed by atoms with Crippen molar-refractivity contribution in [3.63, 3.8) is 0 Å². The van der Waals surface area contributed by atoms with Crippen LogP contribution < -0.4 is 0 Å². The first-order valence-electron chi connectivity index (χ1n) is 21.1. The summed E-state index contributed by atoms with van der Waals surface area (Å²) in [4.78, 5) is 10.4. The highest BCUT2D eigenvalue weighted by atomic mass is 14.7. The van der Waals surface area contributed by atoms with E-state index in [0.29, 0.717) is 0 Å². The SMILES string of the molecule is CC1(C)c2ccccc2-c2ccc(-c3cc(-c4ccc(-c5cnc6ccccc6c5)cc4)c4cc(-c5ccc6c(c5)C(C)(C)c5ccccc5-6)c5ccccc5c4n3)cc21. The fraction of sp³-hybridized carbons (Fsp3) is 0.103. The van der Waals surface area contributed by atoms with E-state index in [1.807, 2.05) is 12.3 Å². The Kier molecular flexibility index (Phi) is 7.36. The smallest absolute Gasteiger partial charge is 0.0794 e. The molecule has 0 saturated heterocycles. The highest BCUT2D eigenvalue weighted by Crippen LogP contribution is 2.52. The fourth-order valence-electron chi connectivity index (χ4n) is 10.5. The minimum atomic E-state index is -0.109. The molecule has 284 valence electrons. The maximum Gasteiger partial charge on any atom is 0.0794 e. The highest BCUT2D eigenvalue weighted by Gasteiger charge is 2.36. The molecule has 0 radical (unpaired) electrons. The van der Waals surface area contributed by atoms with Crippen LogP contribution in [0.25, 0.3) is 99.5 Å². The van der Waals surface area contributed by atoms with Gasteiger partial charge in [-0.15, -0.1) is 0 Å². The van der Waals surface area contributed by atoms with Gasteiger partial charge in [-0.2, -0.15) is 0 Å². The van der Waals surface area contributed by atoms with Gasteiger partial charge in [0.25, 0.3) is 0 Å². The zero-order chi connectivity index (χ0) is 40.3. The topological polar surface area (TPSA) is 25.8 Å². The maximum absolute atomic E-state index is 5.61. The molecule has 2 aliphatic rings. The monoisotopic (exact) mass is 766 g/mol. The molecule has 0 aliphatic heterocycles. The van der Waals surface area contributed by atoms with Gasteiger partial charge in [-0.1, -0.05) is 167 Å². The number of hydrogen-bond donors (Lipinski definition) is 0. The van der Waals surface area contributed by atoms with Gasteiger partial charge in [-0.05, 0) is 114 Å². The molecule has 0 N–H and O–H groups in total. The van der Waals surface area contributed by atoms with Crippen LogP contribution in [0.1, 0.15) is 49.9 Å². The van der Waals surface area contributed by atoms with E-state index in [0.717, 1.165) is 55.1 Å². The van der Waals surface area contributed by atoms with Crippen molar-refractivity contribution < 1.29 is 0 Å². The van der Waals surface area contributed by atoms with E-state index in [-0.39, 0.29) is 10.8 Å². The third-order valence-electron chi connectivity index (χ3n) is 13.7. The largest absolute Gasteiger partial charge is 0.256 e. The first-order chi connectivity index (χ1) is 29.2. The van der Waals surface area contributed by atoms with Gasteiger partial charge in [-0.25, -0.2) is 4.98 Å². The molecular formula is C58H42N2. The first-order valence-corrected chi connectivity index (χ1v) is 21.1. The molecule has 2 heterocycles. The van der Waals surface area contributed by atoms with Gasteiger partial charge < -0.3 is 0 Å². The Morgan fingerprint density at radius 1 is 0.350 bits per heavy atom. The zero-order valence-corrected chi connectivity index (χ0v) is 34.2. The maximum atomic E-state index is 5.61. The van der Waals surface area contributed by atoms with Crippen molar-refractivity contribution in [2.24, 2.45) is 0 Å². The summed E-state index contributed by atoms with van der Waals surface area (Å²) in [6.07, 6.45) is 1.99. The van der Waals surface area contributed by atoms with Gasteiger partial charge in [0.15, 0.2) is 0 Å². The van der Waals surface area contributed by atoms with Crippen molar-refractivity contribution >= 4 is 32.6 Å². The number of para-hydroxylation sites is 1. The number of pyridine rings is 2. The second-order valence-corrected chi connectivity index (χ2v) is 17.8. The van der Waals surface area contributed by atoms with Gasteiger partial charge in [0.2, 0.25) is 0 Å². The molecular weight excluding hydrogens is 725 g/mol. The Hall–Kier alpha value is -7.16. The minimum Gasteiger partial charge on any atom is -0.256 e. The minimum absolute atomic E-state index is 0.0929. The molecule has 2 nitrogen and oxygen atoms in total. The molecule has 0 fully saturated rings. The van der Waals surface area contributed by atoms with Crippen LogP contribution in [0.2, 0.25) is 0 Å². The quantitative estimate of drug-likeness (QED) is 0.167. The van der Waals surface area contributed by atoms with Crippen LogP contribution in [0, 0.1) is 0 Å². The third-order valence-corrected chi connectivity index (χ3v) is 13.7. The molecule has 2 heteroatoms. The Bertz CT molecular complexity index is 3420. The summed E-state index contributed by atoms with van der Waals surface area (Å²) in [5, 5.41) is 4.65. The van der Waals surface area contributed by atoms with E-state index >= 15 is 0 Å². The molecule has 0 unspecified atom stereocenters. The molecule has 0 bridgehead atoms. The van der Waals surface area contributed by atoms with E-state index < -0.39 is 0 Å². The molecule has 0 saturated carbocycles. The second-order valence-electron chi connectivity index (χ2n) is 17.8. The normalized spacial score (nSPS) is 14.3. The van der Waals surface area contributed by atoms with Crippen LogP contribution in [0.4, 0.5) is 0 Å².